The Morgan fingerprint density at radius 3 is 2.40 bits per heavy atom. The highest BCUT2D eigenvalue weighted by Crippen LogP contribution is 2.23. The second-order valence-electron chi connectivity index (χ2n) is 7.43. The van der Waals surface area contributed by atoms with Crippen LogP contribution in [0.3, 0.4) is 0 Å². The van der Waals surface area contributed by atoms with Crippen LogP contribution in [0.2, 0.25) is 0 Å². The average Bonchev–Trinajstić information content (AvgIpc) is 2.37. The minimum atomic E-state index is 0.195. The molecule has 20 heavy (non-hydrogen) atoms. The summed E-state index contributed by atoms with van der Waals surface area (Å²) in [5, 5.41) is 3.68. The molecule has 1 unspecified atom stereocenters. The Morgan fingerprint density at radius 2 is 1.80 bits per heavy atom. The molecule has 1 atom stereocenters. The Bertz CT molecular complexity index is 431. The van der Waals surface area contributed by atoms with Gasteiger partial charge in [0.25, 0.3) is 0 Å². The summed E-state index contributed by atoms with van der Waals surface area (Å²) in [5.74, 6) is 0.676. The van der Waals surface area contributed by atoms with Crippen molar-refractivity contribution in [3.63, 3.8) is 0 Å². The summed E-state index contributed by atoms with van der Waals surface area (Å²) < 4.78 is 0. The van der Waals surface area contributed by atoms with Crippen molar-refractivity contribution < 1.29 is 0 Å². The summed E-state index contributed by atoms with van der Waals surface area (Å²) >= 11 is 0. The second-order valence-corrected chi connectivity index (χ2v) is 7.43. The molecular weight excluding hydrogens is 244 g/mol. The predicted octanol–water partition coefficient (Wildman–Crippen LogP) is 3.46. The first-order chi connectivity index (χ1) is 9.37. The van der Waals surface area contributed by atoms with Crippen LogP contribution in [-0.2, 0) is 13.0 Å². The van der Waals surface area contributed by atoms with Gasteiger partial charge >= 0.3 is 0 Å². The van der Waals surface area contributed by atoms with E-state index in [-0.39, 0.29) is 5.54 Å². The molecule has 112 valence electrons. The van der Waals surface area contributed by atoms with Crippen molar-refractivity contribution >= 4 is 0 Å². The lowest BCUT2D eigenvalue weighted by Gasteiger charge is -2.39. The van der Waals surface area contributed by atoms with Crippen LogP contribution < -0.4 is 5.32 Å². The molecule has 1 aliphatic heterocycles. The second kappa shape index (κ2) is 6.28. The van der Waals surface area contributed by atoms with Crippen LogP contribution in [0.4, 0.5) is 0 Å². The molecule has 0 aromatic heterocycles. The molecule has 0 bridgehead atoms. The summed E-state index contributed by atoms with van der Waals surface area (Å²) in [4.78, 5) is 2.66. The van der Waals surface area contributed by atoms with Gasteiger partial charge in [0.2, 0.25) is 0 Å². The highest BCUT2D eigenvalue weighted by atomic mass is 15.2. The molecule has 2 nitrogen and oxygen atoms in total. The normalized spacial score (nSPS) is 18.1. The number of fused-ring (bicyclic) bond motifs is 1. The molecule has 2 heteroatoms. The number of hydrogen-bond donors (Lipinski definition) is 1. The molecular formula is C18H30N2. The van der Waals surface area contributed by atoms with Crippen molar-refractivity contribution in [3.05, 3.63) is 35.4 Å². The first-order valence-corrected chi connectivity index (χ1v) is 7.92. The maximum atomic E-state index is 3.68. The molecule has 0 amide bonds. The summed E-state index contributed by atoms with van der Waals surface area (Å²) in [6.07, 6.45) is 1.19. The molecule has 1 heterocycles. The summed E-state index contributed by atoms with van der Waals surface area (Å²) in [7, 11) is 0. The van der Waals surface area contributed by atoms with Crippen molar-refractivity contribution in [2.75, 3.05) is 13.1 Å². The quantitative estimate of drug-likeness (QED) is 0.904. The molecule has 1 aromatic carbocycles. The van der Waals surface area contributed by atoms with Crippen molar-refractivity contribution in [2.45, 2.75) is 59.2 Å². The van der Waals surface area contributed by atoms with Gasteiger partial charge in [-0.1, -0.05) is 38.1 Å². The Morgan fingerprint density at radius 1 is 1.15 bits per heavy atom. The molecule has 1 N–H and O–H groups in total. The van der Waals surface area contributed by atoms with Crippen LogP contribution in [0.15, 0.2) is 24.3 Å². The van der Waals surface area contributed by atoms with Gasteiger partial charge in [-0.05, 0) is 44.2 Å². The van der Waals surface area contributed by atoms with Crippen LogP contribution >= 0.6 is 0 Å². The summed E-state index contributed by atoms with van der Waals surface area (Å²) in [6.45, 7) is 14.8. The Balaban J connectivity index is 2.04. The molecule has 1 aliphatic rings. The topological polar surface area (TPSA) is 15.3 Å². The predicted molar refractivity (Wildman–Crippen MR) is 86.9 cm³/mol. The van der Waals surface area contributed by atoms with E-state index >= 15 is 0 Å². The van der Waals surface area contributed by atoms with Gasteiger partial charge < -0.3 is 5.32 Å². The molecule has 0 fully saturated rings. The number of nitrogens with one attached hydrogen (secondary N) is 1. The van der Waals surface area contributed by atoms with E-state index in [9.17, 15) is 0 Å². The standard InChI is InChI=1S/C18H30N2/c1-14(2)17(12-19-18(3,4)5)20-11-10-15-8-6-7-9-16(15)13-20/h6-9,14,17,19H,10-13H2,1-5H3. The number of nitrogens with zero attached hydrogens (tertiary/aromatic N) is 1. The third-order valence-corrected chi connectivity index (χ3v) is 4.24. The van der Waals surface area contributed by atoms with Crippen molar-refractivity contribution in [2.24, 2.45) is 5.92 Å². The van der Waals surface area contributed by atoms with Gasteiger partial charge in [0.1, 0.15) is 0 Å². The first kappa shape index (κ1) is 15.5. The zero-order chi connectivity index (χ0) is 14.8. The van der Waals surface area contributed by atoms with E-state index in [1.807, 2.05) is 0 Å². The van der Waals surface area contributed by atoms with E-state index in [2.05, 4.69) is 69.1 Å². The highest BCUT2D eigenvalue weighted by molar-refractivity contribution is 5.29. The van der Waals surface area contributed by atoms with E-state index in [1.54, 1.807) is 0 Å². The van der Waals surface area contributed by atoms with Gasteiger partial charge in [-0.15, -0.1) is 0 Å². The van der Waals surface area contributed by atoms with E-state index in [4.69, 9.17) is 0 Å². The fraction of sp³-hybridized carbons (Fsp3) is 0.667. The third kappa shape index (κ3) is 4.07. The monoisotopic (exact) mass is 274 g/mol. The first-order valence-electron chi connectivity index (χ1n) is 7.92. The fourth-order valence-corrected chi connectivity index (χ4v) is 3.00. The van der Waals surface area contributed by atoms with Crippen LogP contribution in [0.5, 0.6) is 0 Å². The summed E-state index contributed by atoms with van der Waals surface area (Å²) in [6, 6.07) is 9.51. The Labute approximate surface area is 124 Å². The fourth-order valence-electron chi connectivity index (χ4n) is 3.00. The highest BCUT2D eigenvalue weighted by Gasteiger charge is 2.26. The van der Waals surface area contributed by atoms with Gasteiger partial charge in [-0.2, -0.15) is 0 Å². The third-order valence-electron chi connectivity index (χ3n) is 4.24. The molecule has 0 saturated carbocycles. The minimum absolute atomic E-state index is 0.195. The SMILES string of the molecule is CC(C)C(CNC(C)(C)C)N1CCc2ccccc2C1. The molecule has 1 aromatic rings. The lowest BCUT2D eigenvalue weighted by Crippen LogP contribution is -2.51. The lowest BCUT2D eigenvalue weighted by molar-refractivity contribution is 0.129. The number of hydrogen-bond acceptors (Lipinski definition) is 2. The maximum absolute atomic E-state index is 3.68. The van der Waals surface area contributed by atoms with Gasteiger partial charge in [0.15, 0.2) is 0 Å². The molecule has 0 spiro atoms. The van der Waals surface area contributed by atoms with E-state index < -0.39 is 0 Å². The van der Waals surface area contributed by atoms with Crippen LogP contribution in [0, 0.1) is 5.92 Å². The maximum Gasteiger partial charge on any atom is 0.0247 e. The Hall–Kier alpha value is -0.860. The van der Waals surface area contributed by atoms with Gasteiger partial charge in [-0.25, -0.2) is 0 Å². The summed E-state index contributed by atoms with van der Waals surface area (Å²) in [5.41, 5.74) is 3.25. The van der Waals surface area contributed by atoms with Gasteiger partial charge in [0, 0.05) is 31.2 Å². The number of benzene rings is 1. The van der Waals surface area contributed by atoms with E-state index in [0.29, 0.717) is 12.0 Å². The molecule has 0 radical (unpaired) electrons. The van der Waals surface area contributed by atoms with Crippen molar-refractivity contribution in [3.8, 4) is 0 Å². The van der Waals surface area contributed by atoms with Crippen molar-refractivity contribution in [1.82, 2.24) is 10.2 Å². The van der Waals surface area contributed by atoms with Crippen LogP contribution in [0.1, 0.15) is 45.7 Å². The van der Waals surface area contributed by atoms with Gasteiger partial charge in [0.05, 0.1) is 0 Å². The molecule has 2 rings (SSSR count). The number of rotatable bonds is 4. The largest absolute Gasteiger partial charge is 0.311 e. The molecule has 0 saturated heterocycles. The molecule has 0 aliphatic carbocycles. The van der Waals surface area contributed by atoms with Crippen LogP contribution in [-0.4, -0.2) is 29.6 Å². The van der Waals surface area contributed by atoms with Crippen LogP contribution in [0.25, 0.3) is 0 Å². The smallest absolute Gasteiger partial charge is 0.0247 e. The van der Waals surface area contributed by atoms with E-state index in [1.165, 1.54) is 24.1 Å². The zero-order valence-electron chi connectivity index (χ0n) is 13.7. The van der Waals surface area contributed by atoms with Gasteiger partial charge in [-0.3, -0.25) is 4.90 Å². The Kier molecular flexibility index (Phi) is 4.87. The lowest BCUT2D eigenvalue weighted by atomic mass is 9.94. The van der Waals surface area contributed by atoms with E-state index in [0.717, 1.165) is 13.1 Å². The average molecular weight is 274 g/mol. The minimum Gasteiger partial charge on any atom is -0.311 e. The zero-order valence-corrected chi connectivity index (χ0v) is 13.7. The van der Waals surface area contributed by atoms with Crippen molar-refractivity contribution in [1.29, 1.82) is 0 Å².